The van der Waals surface area contributed by atoms with Gasteiger partial charge in [0.2, 0.25) is 0 Å². The minimum absolute atomic E-state index is 0.224. The van der Waals surface area contributed by atoms with E-state index in [0.717, 1.165) is 30.8 Å². The third-order valence-electron chi connectivity index (χ3n) is 3.22. The Balaban J connectivity index is 2.31. The van der Waals surface area contributed by atoms with Crippen molar-refractivity contribution >= 4 is 0 Å². The molecular formula is C12H17FN2. The van der Waals surface area contributed by atoms with Gasteiger partial charge in [-0.15, -0.1) is 0 Å². The second-order valence-electron chi connectivity index (χ2n) is 4.11. The molecule has 15 heavy (non-hydrogen) atoms. The lowest BCUT2D eigenvalue weighted by Gasteiger charge is -2.24. The van der Waals surface area contributed by atoms with E-state index >= 15 is 0 Å². The Morgan fingerprint density at radius 2 is 2.40 bits per heavy atom. The lowest BCUT2D eigenvalue weighted by atomic mass is 10.0. The van der Waals surface area contributed by atoms with Crippen LogP contribution < -0.4 is 0 Å². The second kappa shape index (κ2) is 4.27. The zero-order chi connectivity index (χ0) is 10.8. The Morgan fingerprint density at radius 3 is 3.13 bits per heavy atom. The van der Waals surface area contributed by atoms with E-state index in [1.165, 1.54) is 12.6 Å². The largest absolute Gasteiger partial charge is 0.297 e. The van der Waals surface area contributed by atoms with Crippen LogP contribution in [0, 0.1) is 12.7 Å². The Labute approximate surface area is 90.1 Å². The molecule has 0 amide bonds. The van der Waals surface area contributed by atoms with Crippen molar-refractivity contribution in [2.45, 2.75) is 32.7 Å². The van der Waals surface area contributed by atoms with Crippen LogP contribution in [0.2, 0.25) is 0 Å². The topological polar surface area (TPSA) is 16.1 Å². The zero-order valence-electron chi connectivity index (χ0n) is 9.33. The minimum Gasteiger partial charge on any atom is -0.297 e. The highest BCUT2D eigenvalue weighted by atomic mass is 19.1. The van der Waals surface area contributed by atoms with E-state index in [1.54, 1.807) is 6.07 Å². The molecule has 82 valence electrons. The fourth-order valence-electron chi connectivity index (χ4n) is 2.42. The number of rotatable bonds is 2. The summed E-state index contributed by atoms with van der Waals surface area (Å²) in [6.07, 6.45) is 3.62. The monoisotopic (exact) mass is 208 g/mol. The van der Waals surface area contributed by atoms with E-state index in [1.807, 2.05) is 6.92 Å². The van der Waals surface area contributed by atoms with Crippen LogP contribution in [0.4, 0.5) is 4.39 Å². The van der Waals surface area contributed by atoms with E-state index in [9.17, 15) is 4.39 Å². The van der Waals surface area contributed by atoms with Gasteiger partial charge in [0, 0.05) is 11.7 Å². The fourth-order valence-corrected chi connectivity index (χ4v) is 2.42. The maximum atomic E-state index is 13.2. The van der Waals surface area contributed by atoms with Gasteiger partial charge in [0.25, 0.3) is 0 Å². The summed E-state index contributed by atoms with van der Waals surface area (Å²) in [7, 11) is 0. The van der Waals surface area contributed by atoms with Crippen LogP contribution in [0.5, 0.6) is 0 Å². The van der Waals surface area contributed by atoms with Gasteiger partial charge in [-0.3, -0.25) is 9.88 Å². The average Bonchev–Trinajstić information content (AvgIpc) is 2.69. The van der Waals surface area contributed by atoms with Gasteiger partial charge in [0.05, 0.1) is 6.20 Å². The third kappa shape index (κ3) is 2.02. The Morgan fingerprint density at radius 1 is 1.60 bits per heavy atom. The van der Waals surface area contributed by atoms with E-state index in [-0.39, 0.29) is 5.82 Å². The van der Waals surface area contributed by atoms with Gasteiger partial charge in [0.1, 0.15) is 5.82 Å². The molecule has 2 heterocycles. The molecule has 0 bridgehead atoms. The number of hydrogen-bond donors (Lipinski definition) is 0. The Bertz CT molecular complexity index is 351. The fraction of sp³-hybridized carbons (Fsp3) is 0.583. The molecule has 0 radical (unpaired) electrons. The van der Waals surface area contributed by atoms with Gasteiger partial charge in [-0.2, -0.15) is 0 Å². The summed E-state index contributed by atoms with van der Waals surface area (Å²) in [5, 5.41) is 0. The molecule has 1 fully saturated rings. The van der Waals surface area contributed by atoms with Crippen LogP contribution >= 0.6 is 0 Å². The highest BCUT2D eigenvalue weighted by molar-refractivity contribution is 5.24. The van der Waals surface area contributed by atoms with Crippen molar-refractivity contribution in [1.29, 1.82) is 0 Å². The number of likely N-dealkylation sites (tertiary alicyclic amines) is 1. The molecule has 1 saturated heterocycles. The predicted octanol–water partition coefficient (Wildman–Crippen LogP) is 2.69. The van der Waals surface area contributed by atoms with Crippen LogP contribution in [0.1, 0.15) is 37.1 Å². The SMILES string of the molecule is CCN1CCCC1c1cc(F)cnc1C. The summed E-state index contributed by atoms with van der Waals surface area (Å²) in [5.74, 6) is -0.224. The summed E-state index contributed by atoms with van der Waals surface area (Å²) in [4.78, 5) is 6.48. The first-order valence-electron chi connectivity index (χ1n) is 5.58. The zero-order valence-corrected chi connectivity index (χ0v) is 9.33. The van der Waals surface area contributed by atoms with E-state index in [4.69, 9.17) is 0 Å². The van der Waals surface area contributed by atoms with E-state index < -0.39 is 0 Å². The Kier molecular flexibility index (Phi) is 3.00. The molecule has 2 nitrogen and oxygen atoms in total. The summed E-state index contributed by atoms with van der Waals surface area (Å²) in [6, 6.07) is 2.01. The Hall–Kier alpha value is -0.960. The molecule has 1 aromatic heterocycles. The minimum atomic E-state index is -0.224. The molecule has 0 N–H and O–H groups in total. The molecule has 2 rings (SSSR count). The third-order valence-corrected chi connectivity index (χ3v) is 3.22. The first kappa shape index (κ1) is 10.6. The molecule has 1 aliphatic heterocycles. The van der Waals surface area contributed by atoms with Crippen LogP contribution in [-0.2, 0) is 0 Å². The molecule has 1 unspecified atom stereocenters. The van der Waals surface area contributed by atoms with Crippen molar-refractivity contribution < 1.29 is 4.39 Å². The first-order valence-corrected chi connectivity index (χ1v) is 5.58. The lowest BCUT2D eigenvalue weighted by molar-refractivity contribution is 0.269. The molecule has 3 heteroatoms. The summed E-state index contributed by atoms with van der Waals surface area (Å²) in [5.41, 5.74) is 2.02. The maximum absolute atomic E-state index is 13.2. The standard InChI is InChI=1S/C12H17FN2/c1-3-15-6-4-5-12(15)11-7-10(13)8-14-9(11)2/h7-8,12H,3-6H2,1-2H3. The summed E-state index contributed by atoms with van der Waals surface area (Å²) < 4.78 is 13.2. The molecule has 0 aliphatic carbocycles. The highest BCUT2D eigenvalue weighted by Gasteiger charge is 2.26. The molecule has 0 spiro atoms. The van der Waals surface area contributed by atoms with Crippen molar-refractivity contribution in [2.75, 3.05) is 13.1 Å². The van der Waals surface area contributed by atoms with Crippen LogP contribution in [0.15, 0.2) is 12.3 Å². The number of halogens is 1. The number of aromatic nitrogens is 1. The molecule has 0 saturated carbocycles. The van der Waals surface area contributed by atoms with Crippen LogP contribution in [0.25, 0.3) is 0 Å². The van der Waals surface area contributed by atoms with Crippen LogP contribution in [-0.4, -0.2) is 23.0 Å². The molecule has 0 aromatic carbocycles. The van der Waals surface area contributed by atoms with Gasteiger partial charge in [-0.25, -0.2) is 4.39 Å². The number of nitrogens with zero attached hydrogens (tertiary/aromatic N) is 2. The summed E-state index contributed by atoms with van der Waals surface area (Å²) in [6.45, 7) is 6.26. The summed E-state index contributed by atoms with van der Waals surface area (Å²) >= 11 is 0. The number of pyridine rings is 1. The van der Waals surface area contributed by atoms with Crippen molar-refractivity contribution in [3.05, 3.63) is 29.3 Å². The maximum Gasteiger partial charge on any atom is 0.141 e. The smallest absolute Gasteiger partial charge is 0.141 e. The van der Waals surface area contributed by atoms with Crippen molar-refractivity contribution in [2.24, 2.45) is 0 Å². The highest BCUT2D eigenvalue weighted by Crippen LogP contribution is 2.32. The van der Waals surface area contributed by atoms with Gasteiger partial charge in [-0.1, -0.05) is 6.92 Å². The van der Waals surface area contributed by atoms with Crippen molar-refractivity contribution in [1.82, 2.24) is 9.88 Å². The molecular weight excluding hydrogens is 191 g/mol. The van der Waals surface area contributed by atoms with Gasteiger partial charge in [0.15, 0.2) is 0 Å². The van der Waals surface area contributed by atoms with E-state index in [2.05, 4.69) is 16.8 Å². The average molecular weight is 208 g/mol. The van der Waals surface area contributed by atoms with Crippen LogP contribution in [0.3, 0.4) is 0 Å². The van der Waals surface area contributed by atoms with Gasteiger partial charge >= 0.3 is 0 Å². The second-order valence-corrected chi connectivity index (χ2v) is 4.11. The quantitative estimate of drug-likeness (QED) is 0.742. The van der Waals surface area contributed by atoms with Crippen molar-refractivity contribution in [3.8, 4) is 0 Å². The van der Waals surface area contributed by atoms with E-state index in [0.29, 0.717) is 6.04 Å². The molecule has 1 atom stereocenters. The first-order chi connectivity index (χ1) is 7.22. The normalized spacial score (nSPS) is 22.2. The number of aryl methyl sites for hydroxylation is 1. The van der Waals surface area contributed by atoms with Gasteiger partial charge in [-0.05, 0) is 44.5 Å². The van der Waals surface area contributed by atoms with Gasteiger partial charge < -0.3 is 0 Å². The number of hydrogen-bond acceptors (Lipinski definition) is 2. The molecule has 1 aromatic rings. The lowest BCUT2D eigenvalue weighted by Crippen LogP contribution is -2.23. The predicted molar refractivity (Wildman–Crippen MR) is 58.2 cm³/mol. The van der Waals surface area contributed by atoms with Crippen molar-refractivity contribution in [3.63, 3.8) is 0 Å². The molecule has 1 aliphatic rings.